The van der Waals surface area contributed by atoms with Gasteiger partial charge in [0.2, 0.25) is 17.2 Å². The smallest absolute Gasteiger partial charge is 0.204 e. The Kier molecular flexibility index (Phi) is 13.0. The highest BCUT2D eigenvalue weighted by Gasteiger charge is 2.36. The monoisotopic (exact) mass is 746 g/mol. The van der Waals surface area contributed by atoms with Crippen LogP contribution in [0, 0.1) is 0 Å². The number of fused-ring (bicyclic) bond motifs is 1. The number of phenolic OH excluding ortho intramolecular Hbond substituents is 1. The van der Waals surface area contributed by atoms with Crippen LogP contribution in [0.4, 0.5) is 0 Å². The molecule has 0 amide bonds. The van der Waals surface area contributed by atoms with Crippen LogP contribution in [0.15, 0.2) is 48.5 Å². The third-order valence-corrected chi connectivity index (χ3v) is 9.89. The maximum absolute atomic E-state index is 10.5. The van der Waals surface area contributed by atoms with Gasteiger partial charge in [0.1, 0.15) is 18.3 Å². The lowest BCUT2D eigenvalue weighted by atomic mass is 9.91. The van der Waals surface area contributed by atoms with E-state index in [1.807, 2.05) is 38.1 Å². The van der Waals surface area contributed by atoms with Gasteiger partial charge in [0, 0.05) is 17.0 Å². The van der Waals surface area contributed by atoms with Gasteiger partial charge in [-0.3, -0.25) is 0 Å². The number of methoxy groups -OCH3 is 7. The van der Waals surface area contributed by atoms with Crippen molar-refractivity contribution >= 4 is 0 Å². The van der Waals surface area contributed by atoms with Crippen LogP contribution in [0.5, 0.6) is 63.2 Å². The summed E-state index contributed by atoms with van der Waals surface area (Å²) in [5, 5.41) is 10.5. The van der Waals surface area contributed by atoms with Gasteiger partial charge in [0.25, 0.3) is 0 Å². The number of hydrogen-bond donors (Lipinski definition) is 1. The fourth-order valence-electron chi connectivity index (χ4n) is 7.02. The van der Waals surface area contributed by atoms with Crippen LogP contribution in [0.3, 0.4) is 0 Å². The molecular formula is C43H54O11. The van der Waals surface area contributed by atoms with E-state index in [0.29, 0.717) is 47.3 Å². The molecule has 0 spiro atoms. The third kappa shape index (κ3) is 7.81. The lowest BCUT2D eigenvalue weighted by molar-refractivity contribution is 0.174. The largest absolute Gasteiger partial charge is 0.502 e. The maximum atomic E-state index is 10.5. The zero-order valence-electron chi connectivity index (χ0n) is 33.3. The molecule has 0 bridgehead atoms. The van der Waals surface area contributed by atoms with Crippen LogP contribution in [-0.4, -0.2) is 54.9 Å². The molecule has 4 unspecified atom stereocenters. The molecule has 4 aromatic carbocycles. The first-order valence-corrected chi connectivity index (χ1v) is 18.3. The molecule has 11 nitrogen and oxygen atoms in total. The molecule has 1 N–H and O–H groups in total. The molecule has 0 aliphatic carbocycles. The molecule has 1 heterocycles. The van der Waals surface area contributed by atoms with E-state index in [1.54, 1.807) is 47.7 Å². The minimum Gasteiger partial charge on any atom is -0.502 e. The fraction of sp³-hybridized carbons (Fsp3) is 0.442. The van der Waals surface area contributed by atoms with Crippen molar-refractivity contribution in [1.29, 1.82) is 0 Å². The first kappa shape index (κ1) is 39.9. The highest BCUT2D eigenvalue weighted by Crippen LogP contribution is 2.53. The SMILES string of the molecule is CCCc1cc(OC)c2c(c1)C(C)C(c1cc(OC)c(OC(CC)c3cc(OC)c(OC(CC)c4cc(OC)c(O)c(OC)c4)c(OC)c3)c(OC)c1)O2. The second-order valence-corrected chi connectivity index (χ2v) is 13.1. The summed E-state index contributed by atoms with van der Waals surface area (Å²) in [6.45, 7) is 8.36. The highest BCUT2D eigenvalue weighted by molar-refractivity contribution is 5.60. The Labute approximate surface area is 318 Å². The van der Waals surface area contributed by atoms with E-state index in [1.165, 1.54) is 19.8 Å². The summed E-state index contributed by atoms with van der Waals surface area (Å²) in [6.07, 6.45) is 2.00. The van der Waals surface area contributed by atoms with Crippen LogP contribution in [0.25, 0.3) is 0 Å². The van der Waals surface area contributed by atoms with Crippen LogP contribution in [0.2, 0.25) is 0 Å². The van der Waals surface area contributed by atoms with Gasteiger partial charge in [-0.25, -0.2) is 0 Å². The molecule has 0 fully saturated rings. The Hall–Kier alpha value is -5.32. The van der Waals surface area contributed by atoms with Gasteiger partial charge in [-0.15, -0.1) is 0 Å². The predicted octanol–water partition coefficient (Wildman–Crippen LogP) is 9.70. The molecular weight excluding hydrogens is 692 g/mol. The Bertz CT molecular complexity index is 1830. The van der Waals surface area contributed by atoms with Gasteiger partial charge in [0.05, 0.1) is 49.8 Å². The van der Waals surface area contributed by atoms with Crippen molar-refractivity contribution in [2.24, 2.45) is 0 Å². The van der Waals surface area contributed by atoms with Gasteiger partial charge in [-0.1, -0.05) is 40.2 Å². The molecule has 0 saturated heterocycles. The van der Waals surface area contributed by atoms with E-state index in [0.717, 1.165) is 46.6 Å². The quantitative estimate of drug-likeness (QED) is 0.105. The van der Waals surface area contributed by atoms with Crippen molar-refractivity contribution in [3.8, 4) is 63.2 Å². The Morgan fingerprint density at radius 1 is 0.574 bits per heavy atom. The van der Waals surface area contributed by atoms with Gasteiger partial charge >= 0.3 is 0 Å². The van der Waals surface area contributed by atoms with Crippen molar-refractivity contribution in [2.45, 2.75) is 77.6 Å². The zero-order chi connectivity index (χ0) is 39.1. The number of hydrogen-bond acceptors (Lipinski definition) is 11. The summed E-state index contributed by atoms with van der Waals surface area (Å²) in [5.74, 6) is 4.85. The number of aryl methyl sites for hydroxylation is 1. The molecule has 0 saturated carbocycles. The lowest BCUT2D eigenvalue weighted by Crippen LogP contribution is -2.12. The molecule has 1 aliphatic rings. The molecule has 4 atom stereocenters. The van der Waals surface area contributed by atoms with Crippen LogP contribution < -0.4 is 47.4 Å². The minimum atomic E-state index is -0.453. The summed E-state index contributed by atoms with van der Waals surface area (Å²) in [5.41, 5.74) is 4.79. The molecule has 54 heavy (non-hydrogen) atoms. The van der Waals surface area contributed by atoms with Crippen molar-refractivity contribution in [3.05, 3.63) is 76.3 Å². The molecule has 4 aromatic rings. The average molecular weight is 747 g/mol. The molecule has 11 heteroatoms. The fourth-order valence-corrected chi connectivity index (χ4v) is 7.02. The third-order valence-electron chi connectivity index (χ3n) is 9.89. The predicted molar refractivity (Wildman–Crippen MR) is 206 cm³/mol. The number of aromatic hydroxyl groups is 1. The van der Waals surface area contributed by atoms with E-state index < -0.39 is 12.2 Å². The first-order chi connectivity index (χ1) is 26.1. The molecule has 1 aliphatic heterocycles. The summed E-state index contributed by atoms with van der Waals surface area (Å²) in [6, 6.07) is 15.4. The highest BCUT2D eigenvalue weighted by atomic mass is 16.6. The van der Waals surface area contributed by atoms with Crippen molar-refractivity contribution in [1.82, 2.24) is 0 Å². The summed E-state index contributed by atoms with van der Waals surface area (Å²) in [7, 11) is 11.0. The number of rotatable bonds is 18. The molecule has 0 radical (unpaired) electrons. The van der Waals surface area contributed by atoms with Crippen molar-refractivity contribution in [3.63, 3.8) is 0 Å². The Balaban J connectivity index is 1.47. The minimum absolute atomic E-state index is 0.0568. The zero-order valence-corrected chi connectivity index (χ0v) is 33.3. The van der Waals surface area contributed by atoms with E-state index in [2.05, 4.69) is 26.0 Å². The number of ether oxygens (including phenoxy) is 10. The van der Waals surface area contributed by atoms with Crippen molar-refractivity contribution in [2.75, 3.05) is 49.8 Å². The maximum Gasteiger partial charge on any atom is 0.204 e. The topological polar surface area (TPSA) is 113 Å². The van der Waals surface area contributed by atoms with Gasteiger partial charge in [-0.2, -0.15) is 0 Å². The van der Waals surface area contributed by atoms with E-state index in [-0.39, 0.29) is 29.3 Å². The standard InChI is InChI=1S/C43H54O11/c1-12-15-25-16-29-24(4)40(54-41(29)34(17-25)47-7)28-22-37(50-10)43(38(23-28)51-11)53-31(14-3)27-20-35(48-8)42(36(21-27)49-9)52-30(13-2)26-18-32(45-5)39(44)33(19-26)46-6/h16-24,30-31,40,44H,12-15H2,1-11H3. The van der Waals surface area contributed by atoms with Crippen molar-refractivity contribution < 1.29 is 52.5 Å². The Morgan fingerprint density at radius 2 is 1.00 bits per heavy atom. The molecule has 0 aromatic heterocycles. The van der Waals surface area contributed by atoms with E-state index in [4.69, 9.17) is 47.4 Å². The Morgan fingerprint density at radius 3 is 1.41 bits per heavy atom. The van der Waals surface area contributed by atoms with Gasteiger partial charge in [0.15, 0.2) is 46.0 Å². The van der Waals surface area contributed by atoms with E-state index in [9.17, 15) is 5.11 Å². The van der Waals surface area contributed by atoms with Gasteiger partial charge in [-0.05, 0) is 78.4 Å². The summed E-state index contributed by atoms with van der Waals surface area (Å²) in [4.78, 5) is 0. The first-order valence-electron chi connectivity index (χ1n) is 18.3. The summed E-state index contributed by atoms with van der Waals surface area (Å²) >= 11 is 0. The molecule has 5 rings (SSSR count). The lowest BCUT2D eigenvalue weighted by Gasteiger charge is -2.26. The normalized spacial score (nSPS) is 15.7. The number of benzene rings is 4. The van der Waals surface area contributed by atoms with Crippen LogP contribution >= 0.6 is 0 Å². The average Bonchev–Trinajstić information content (AvgIpc) is 3.53. The second kappa shape index (κ2) is 17.7. The number of phenols is 1. The van der Waals surface area contributed by atoms with Crippen LogP contribution in [0.1, 0.15) is 99.0 Å². The van der Waals surface area contributed by atoms with E-state index >= 15 is 0 Å². The second-order valence-electron chi connectivity index (χ2n) is 13.1. The van der Waals surface area contributed by atoms with Crippen LogP contribution in [-0.2, 0) is 6.42 Å². The molecule has 292 valence electrons. The van der Waals surface area contributed by atoms with Gasteiger partial charge < -0.3 is 52.5 Å². The summed E-state index contributed by atoms with van der Waals surface area (Å²) < 4.78 is 60.1.